The van der Waals surface area contributed by atoms with E-state index in [-0.39, 0.29) is 18.5 Å². The number of pyridine rings is 1. The van der Waals surface area contributed by atoms with Crippen molar-refractivity contribution in [2.75, 3.05) is 0 Å². The lowest BCUT2D eigenvalue weighted by atomic mass is 10.2. The fraction of sp³-hybridized carbons (Fsp3) is 0.467. The van der Waals surface area contributed by atoms with Crippen molar-refractivity contribution in [2.45, 2.75) is 44.6 Å². The maximum atomic E-state index is 11.7. The Labute approximate surface area is 122 Å². The number of ether oxygens (including phenoxy) is 1. The fourth-order valence-electron chi connectivity index (χ4n) is 2.43. The monoisotopic (exact) mass is 287 g/mol. The summed E-state index contributed by atoms with van der Waals surface area (Å²) >= 11 is 0. The Balaban J connectivity index is 1.51. The Bertz CT molecular complexity index is 591. The van der Waals surface area contributed by atoms with E-state index in [0.29, 0.717) is 18.1 Å². The molecule has 1 aliphatic carbocycles. The SMILES string of the molecule is O=C(CCc1nc(-c2cccnc2)no1)OC1CCCC1. The second kappa shape index (κ2) is 6.47. The molecule has 21 heavy (non-hydrogen) atoms. The molecule has 6 nitrogen and oxygen atoms in total. The first kappa shape index (κ1) is 13.7. The van der Waals surface area contributed by atoms with E-state index in [1.165, 1.54) is 0 Å². The average Bonchev–Trinajstić information content (AvgIpc) is 3.17. The third kappa shape index (κ3) is 3.65. The molecule has 0 radical (unpaired) electrons. The van der Waals surface area contributed by atoms with E-state index in [4.69, 9.17) is 9.26 Å². The van der Waals surface area contributed by atoms with Crippen LogP contribution in [0.15, 0.2) is 29.0 Å². The molecule has 0 aliphatic heterocycles. The van der Waals surface area contributed by atoms with Gasteiger partial charge in [-0.3, -0.25) is 9.78 Å². The van der Waals surface area contributed by atoms with Crippen molar-refractivity contribution in [3.8, 4) is 11.4 Å². The first-order valence-corrected chi connectivity index (χ1v) is 7.24. The molecule has 1 saturated carbocycles. The first-order valence-electron chi connectivity index (χ1n) is 7.24. The topological polar surface area (TPSA) is 78.1 Å². The summed E-state index contributed by atoms with van der Waals surface area (Å²) in [6.07, 6.45) is 8.39. The number of aryl methyl sites for hydroxylation is 1. The van der Waals surface area contributed by atoms with Gasteiger partial charge in [-0.1, -0.05) is 5.16 Å². The van der Waals surface area contributed by atoms with Crippen molar-refractivity contribution in [1.82, 2.24) is 15.1 Å². The van der Waals surface area contributed by atoms with Crippen LogP contribution in [0.2, 0.25) is 0 Å². The molecule has 110 valence electrons. The highest BCUT2D eigenvalue weighted by atomic mass is 16.5. The van der Waals surface area contributed by atoms with Gasteiger partial charge in [0.1, 0.15) is 6.10 Å². The molecule has 0 bridgehead atoms. The summed E-state index contributed by atoms with van der Waals surface area (Å²) in [6, 6.07) is 3.67. The van der Waals surface area contributed by atoms with E-state index in [2.05, 4.69) is 15.1 Å². The van der Waals surface area contributed by atoms with Crippen LogP contribution in [0.3, 0.4) is 0 Å². The van der Waals surface area contributed by atoms with E-state index in [0.717, 1.165) is 31.2 Å². The zero-order valence-corrected chi connectivity index (χ0v) is 11.7. The van der Waals surface area contributed by atoms with Crippen molar-refractivity contribution in [2.24, 2.45) is 0 Å². The standard InChI is InChI=1S/C15H17N3O3/c19-14(20-12-5-1-2-6-12)8-7-13-17-15(18-21-13)11-4-3-9-16-10-11/h3-4,9-10,12H,1-2,5-8H2. The van der Waals surface area contributed by atoms with E-state index < -0.39 is 0 Å². The molecular formula is C15H17N3O3. The minimum Gasteiger partial charge on any atom is -0.462 e. The van der Waals surface area contributed by atoms with Gasteiger partial charge in [-0.15, -0.1) is 0 Å². The minimum absolute atomic E-state index is 0.103. The van der Waals surface area contributed by atoms with Gasteiger partial charge in [-0.25, -0.2) is 0 Å². The van der Waals surface area contributed by atoms with E-state index in [1.54, 1.807) is 12.4 Å². The minimum atomic E-state index is -0.192. The third-order valence-electron chi connectivity index (χ3n) is 3.53. The van der Waals surface area contributed by atoms with Gasteiger partial charge < -0.3 is 9.26 Å². The Kier molecular flexibility index (Phi) is 4.23. The largest absolute Gasteiger partial charge is 0.462 e. The highest BCUT2D eigenvalue weighted by molar-refractivity contribution is 5.69. The van der Waals surface area contributed by atoms with Crippen molar-refractivity contribution in [3.05, 3.63) is 30.4 Å². The van der Waals surface area contributed by atoms with Crippen LogP contribution in [-0.4, -0.2) is 27.2 Å². The predicted molar refractivity (Wildman–Crippen MR) is 74.2 cm³/mol. The van der Waals surface area contributed by atoms with Crippen LogP contribution in [0.4, 0.5) is 0 Å². The molecule has 2 aromatic rings. The lowest BCUT2D eigenvalue weighted by Crippen LogP contribution is -2.15. The molecule has 1 fully saturated rings. The number of rotatable bonds is 5. The van der Waals surface area contributed by atoms with Crippen molar-refractivity contribution in [1.29, 1.82) is 0 Å². The smallest absolute Gasteiger partial charge is 0.306 e. The van der Waals surface area contributed by atoms with Crippen LogP contribution in [0.25, 0.3) is 11.4 Å². The van der Waals surface area contributed by atoms with Gasteiger partial charge in [-0.2, -0.15) is 4.98 Å². The number of carbonyl (C=O) groups excluding carboxylic acids is 1. The Hall–Kier alpha value is -2.24. The summed E-state index contributed by atoms with van der Waals surface area (Å²) < 4.78 is 10.5. The molecule has 6 heteroatoms. The Morgan fingerprint density at radius 3 is 3.00 bits per heavy atom. The van der Waals surface area contributed by atoms with E-state index >= 15 is 0 Å². The average molecular weight is 287 g/mol. The third-order valence-corrected chi connectivity index (χ3v) is 3.53. The summed E-state index contributed by atoms with van der Waals surface area (Å²) in [5.74, 6) is 0.738. The van der Waals surface area contributed by atoms with Crippen molar-refractivity contribution in [3.63, 3.8) is 0 Å². The summed E-state index contributed by atoms with van der Waals surface area (Å²) in [7, 11) is 0. The second-order valence-electron chi connectivity index (χ2n) is 5.15. The van der Waals surface area contributed by atoms with Crippen LogP contribution in [0.1, 0.15) is 38.0 Å². The maximum Gasteiger partial charge on any atom is 0.306 e. The van der Waals surface area contributed by atoms with Crippen molar-refractivity contribution < 1.29 is 14.1 Å². The summed E-state index contributed by atoms with van der Waals surface area (Å²) in [6.45, 7) is 0. The first-order chi connectivity index (χ1) is 10.3. The summed E-state index contributed by atoms with van der Waals surface area (Å²) in [5.41, 5.74) is 0.793. The van der Waals surface area contributed by atoms with Crippen molar-refractivity contribution >= 4 is 5.97 Å². The normalized spacial score (nSPS) is 15.2. The molecule has 0 amide bonds. The van der Waals surface area contributed by atoms with Gasteiger partial charge in [-0.05, 0) is 37.8 Å². The molecule has 0 saturated heterocycles. The van der Waals surface area contributed by atoms with Gasteiger partial charge >= 0.3 is 5.97 Å². The highest BCUT2D eigenvalue weighted by Crippen LogP contribution is 2.21. The molecule has 3 rings (SSSR count). The molecule has 0 N–H and O–H groups in total. The fourth-order valence-corrected chi connectivity index (χ4v) is 2.43. The molecule has 0 aromatic carbocycles. The molecule has 1 aliphatic rings. The second-order valence-corrected chi connectivity index (χ2v) is 5.15. The van der Waals surface area contributed by atoms with Gasteiger partial charge in [0.15, 0.2) is 0 Å². The van der Waals surface area contributed by atoms with Crippen LogP contribution in [0, 0.1) is 0 Å². The molecule has 2 heterocycles. The zero-order valence-electron chi connectivity index (χ0n) is 11.7. The van der Waals surface area contributed by atoms with Crippen LogP contribution in [-0.2, 0) is 16.0 Å². The highest BCUT2D eigenvalue weighted by Gasteiger charge is 2.19. The zero-order chi connectivity index (χ0) is 14.5. The van der Waals surface area contributed by atoms with Gasteiger partial charge in [0.25, 0.3) is 0 Å². The predicted octanol–water partition coefficient (Wildman–Crippen LogP) is 2.55. The summed E-state index contributed by atoms with van der Waals surface area (Å²) in [5, 5.41) is 3.89. The quantitative estimate of drug-likeness (QED) is 0.786. The molecule has 0 unspecified atom stereocenters. The van der Waals surface area contributed by atoms with Gasteiger partial charge in [0.2, 0.25) is 11.7 Å². The number of nitrogens with zero attached hydrogens (tertiary/aromatic N) is 3. The van der Waals surface area contributed by atoms with Gasteiger partial charge in [0.05, 0.1) is 6.42 Å². The van der Waals surface area contributed by atoms with Crippen LogP contribution in [0.5, 0.6) is 0 Å². The van der Waals surface area contributed by atoms with Gasteiger partial charge in [0, 0.05) is 24.4 Å². The molecule has 0 atom stereocenters. The Morgan fingerprint density at radius 2 is 2.24 bits per heavy atom. The van der Waals surface area contributed by atoms with E-state index in [9.17, 15) is 4.79 Å². The number of aromatic nitrogens is 3. The lowest BCUT2D eigenvalue weighted by Gasteiger charge is -2.10. The number of hydrogen-bond donors (Lipinski definition) is 0. The number of carbonyl (C=O) groups is 1. The van der Waals surface area contributed by atoms with E-state index in [1.807, 2.05) is 12.1 Å². The lowest BCUT2D eigenvalue weighted by molar-refractivity contribution is -0.148. The summed E-state index contributed by atoms with van der Waals surface area (Å²) in [4.78, 5) is 20.0. The van der Waals surface area contributed by atoms with Crippen LogP contribution < -0.4 is 0 Å². The molecule has 2 aromatic heterocycles. The number of esters is 1. The maximum absolute atomic E-state index is 11.7. The Morgan fingerprint density at radius 1 is 1.38 bits per heavy atom. The molecule has 0 spiro atoms. The van der Waals surface area contributed by atoms with Crippen LogP contribution >= 0.6 is 0 Å². The molecular weight excluding hydrogens is 270 g/mol. The number of hydrogen-bond acceptors (Lipinski definition) is 6.